The van der Waals surface area contributed by atoms with Gasteiger partial charge in [-0.05, 0) is 35.2 Å². The van der Waals surface area contributed by atoms with Gasteiger partial charge in [0.15, 0.2) is 0 Å². The quantitative estimate of drug-likeness (QED) is 0.785. The number of rotatable bonds is 2. The highest BCUT2D eigenvalue weighted by Crippen LogP contribution is 2.23. The van der Waals surface area contributed by atoms with E-state index in [4.69, 9.17) is 5.73 Å². The Bertz CT molecular complexity index is 460. The molecule has 0 aliphatic heterocycles. The molecule has 15 heavy (non-hydrogen) atoms. The molecule has 0 aliphatic rings. The van der Waals surface area contributed by atoms with Gasteiger partial charge >= 0.3 is 0 Å². The van der Waals surface area contributed by atoms with Crippen molar-refractivity contribution in [2.24, 2.45) is 5.73 Å². The zero-order valence-electron chi connectivity index (χ0n) is 8.83. The Morgan fingerprint density at radius 3 is 2.73 bits per heavy atom. The van der Waals surface area contributed by atoms with Crippen LogP contribution in [0.25, 0.3) is 11.1 Å². The number of nitrogens with two attached hydrogens (primary N) is 1. The molecule has 0 heterocycles. The Hall–Kier alpha value is -1.60. The van der Waals surface area contributed by atoms with E-state index < -0.39 is 0 Å². The molecule has 0 saturated carbocycles. The smallest absolute Gasteiger partial charge is 0.0184 e. The molecule has 0 spiro atoms. The van der Waals surface area contributed by atoms with Crippen LogP contribution in [0.3, 0.4) is 0 Å². The monoisotopic (exact) mass is 196 g/mol. The summed E-state index contributed by atoms with van der Waals surface area (Å²) >= 11 is 0. The first-order chi connectivity index (χ1) is 7.31. The van der Waals surface area contributed by atoms with Crippen molar-refractivity contribution < 1.29 is 0 Å². The van der Waals surface area contributed by atoms with Crippen LogP contribution in [0.4, 0.5) is 0 Å². The lowest BCUT2D eigenvalue weighted by atomic mass is 9.98. The van der Waals surface area contributed by atoms with Gasteiger partial charge in [-0.2, -0.15) is 0 Å². The van der Waals surface area contributed by atoms with Crippen molar-refractivity contribution in [1.82, 2.24) is 0 Å². The molecule has 1 nitrogen and oxygen atoms in total. The second kappa shape index (κ2) is 4.28. The fourth-order valence-corrected chi connectivity index (χ4v) is 1.73. The summed E-state index contributed by atoms with van der Waals surface area (Å²) in [5.41, 5.74) is 10.5. The van der Waals surface area contributed by atoms with E-state index in [2.05, 4.69) is 37.3 Å². The van der Waals surface area contributed by atoms with Gasteiger partial charge in [-0.1, -0.05) is 42.5 Å². The van der Waals surface area contributed by atoms with E-state index in [1.54, 1.807) is 0 Å². The molecule has 1 radical (unpaired) electrons. The fourth-order valence-electron chi connectivity index (χ4n) is 1.73. The number of hydrogen-bond acceptors (Lipinski definition) is 1. The highest BCUT2D eigenvalue weighted by molar-refractivity contribution is 5.67. The molecule has 0 aliphatic carbocycles. The molecule has 0 amide bonds. The summed E-state index contributed by atoms with van der Waals surface area (Å²) in [6.45, 7) is 2.63. The first-order valence-electron chi connectivity index (χ1n) is 5.08. The molecule has 0 saturated heterocycles. The highest BCUT2D eigenvalue weighted by Gasteiger charge is 2.02. The van der Waals surface area contributed by atoms with Gasteiger partial charge in [-0.15, -0.1) is 0 Å². The minimum absolute atomic E-state index is 0.577. The molecule has 75 valence electrons. The third-order valence-corrected chi connectivity index (χ3v) is 2.49. The summed E-state index contributed by atoms with van der Waals surface area (Å²) in [5.74, 6) is 0. The van der Waals surface area contributed by atoms with Gasteiger partial charge in [0.1, 0.15) is 0 Å². The van der Waals surface area contributed by atoms with Crippen molar-refractivity contribution in [3.8, 4) is 11.1 Å². The van der Waals surface area contributed by atoms with Crippen molar-refractivity contribution in [3.63, 3.8) is 0 Å². The van der Waals surface area contributed by atoms with E-state index >= 15 is 0 Å². The zero-order chi connectivity index (χ0) is 10.7. The summed E-state index contributed by atoms with van der Waals surface area (Å²) in [6.07, 6.45) is 0. The highest BCUT2D eigenvalue weighted by atomic mass is 14.5. The van der Waals surface area contributed by atoms with Gasteiger partial charge in [0.2, 0.25) is 0 Å². The summed E-state index contributed by atoms with van der Waals surface area (Å²) < 4.78 is 0. The van der Waals surface area contributed by atoms with Crippen molar-refractivity contribution in [1.29, 1.82) is 0 Å². The minimum atomic E-state index is 0.577. The molecule has 2 aromatic carbocycles. The van der Waals surface area contributed by atoms with Gasteiger partial charge in [-0.3, -0.25) is 0 Å². The molecule has 1 heteroatoms. The fraction of sp³-hybridized carbons (Fsp3) is 0.143. The maximum absolute atomic E-state index is 5.72. The zero-order valence-corrected chi connectivity index (χ0v) is 8.83. The number of hydrogen-bond donors (Lipinski definition) is 1. The molecular weight excluding hydrogens is 182 g/mol. The SMILES string of the molecule is Cc1[c]ccc(-c2ccccc2CN)c1. The lowest BCUT2D eigenvalue weighted by molar-refractivity contribution is 1.07. The molecule has 2 rings (SSSR count). The van der Waals surface area contributed by atoms with Gasteiger partial charge in [-0.25, -0.2) is 0 Å². The Labute approximate surface area is 90.6 Å². The Morgan fingerprint density at radius 2 is 2.00 bits per heavy atom. The van der Waals surface area contributed by atoms with E-state index in [-0.39, 0.29) is 0 Å². The van der Waals surface area contributed by atoms with Crippen LogP contribution < -0.4 is 5.73 Å². The van der Waals surface area contributed by atoms with Crippen LogP contribution >= 0.6 is 0 Å². The molecule has 0 unspecified atom stereocenters. The summed E-state index contributed by atoms with van der Waals surface area (Å²) in [5, 5.41) is 0. The Kier molecular flexibility index (Phi) is 2.84. The Morgan fingerprint density at radius 1 is 1.20 bits per heavy atom. The standard InChI is InChI=1S/C14H14N/c1-11-5-4-7-12(9-11)14-8-3-2-6-13(14)10-15/h2-4,6-9H,10,15H2,1H3. The van der Waals surface area contributed by atoms with Crippen molar-refractivity contribution in [2.75, 3.05) is 0 Å². The average molecular weight is 196 g/mol. The second-order valence-electron chi connectivity index (χ2n) is 3.62. The van der Waals surface area contributed by atoms with Gasteiger partial charge < -0.3 is 5.73 Å². The number of aryl methyl sites for hydroxylation is 1. The third-order valence-electron chi connectivity index (χ3n) is 2.49. The topological polar surface area (TPSA) is 26.0 Å². The van der Waals surface area contributed by atoms with Crippen LogP contribution in [0.5, 0.6) is 0 Å². The molecule has 0 bridgehead atoms. The average Bonchev–Trinajstić information content (AvgIpc) is 2.29. The maximum Gasteiger partial charge on any atom is 0.0184 e. The summed E-state index contributed by atoms with van der Waals surface area (Å²) in [7, 11) is 0. The molecular formula is C14H14N. The third kappa shape index (κ3) is 2.08. The summed E-state index contributed by atoms with van der Waals surface area (Å²) in [4.78, 5) is 0. The minimum Gasteiger partial charge on any atom is -0.326 e. The van der Waals surface area contributed by atoms with E-state index in [1.165, 1.54) is 16.7 Å². The maximum atomic E-state index is 5.72. The largest absolute Gasteiger partial charge is 0.326 e. The summed E-state index contributed by atoms with van der Waals surface area (Å²) in [6, 6.07) is 17.6. The van der Waals surface area contributed by atoms with Gasteiger partial charge in [0.05, 0.1) is 0 Å². The van der Waals surface area contributed by atoms with Crippen molar-refractivity contribution >= 4 is 0 Å². The van der Waals surface area contributed by atoms with Crippen LogP contribution in [0.2, 0.25) is 0 Å². The first kappa shape index (κ1) is 9.94. The van der Waals surface area contributed by atoms with Crippen molar-refractivity contribution in [2.45, 2.75) is 13.5 Å². The van der Waals surface area contributed by atoms with E-state index in [1.807, 2.05) is 18.2 Å². The van der Waals surface area contributed by atoms with Crippen molar-refractivity contribution in [3.05, 3.63) is 59.7 Å². The van der Waals surface area contributed by atoms with Gasteiger partial charge in [0, 0.05) is 6.54 Å². The molecule has 2 N–H and O–H groups in total. The lowest BCUT2D eigenvalue weighted by Crippen LogP contribution is -1.98. The molecule has 0 atom stereocenters. The molecule has 0 aromatic heterocycles. The second-order valence-corrected chi connectivity index (χ2v) is 3.62. The van der Waals surface area contributed by atoms with Crippen LogP contribution in [0.15, 0.2) is 42.5 Å². The normalized spacial score (nSPS) is 10.3. The van der Waals surface area contributed by atoms with Crippen LogP contribution in [-0.2, 0) is 6.54 Å². The molecule has 2 aromatic rings. The van der Waals surface area contributed by atoms with Crippen LogP contribution in [-0.4, -0.2) is 0 Å². The van der Waals surface area contributed by atoms with Crippen LogP contribution in [0.1, 0.15) is 11.1 Å². The van der Waals surface area contributed by atoms with E-state index in [0.29, 0.717) is 6.54 Å². The Balaban J connectivity index is 2.53. The van der Waals surface area contributed by atoms with E-state index in [0.717, 1.165) is 5.56 Å². The lowest BCUT2D eigenvalue weighted by Gasteiger charge is -2.07. The molecule has 0 fully saturated rings. The van der Waals surface area contributed by atoms with Gasteiger partial charge in [0.25, 0.3) is 0 Å². The predicted molar refractivity (Wildman–Crippen MR) is 63.3 cm³/mol. The van der Waals surface area contributed by atoms with Crippen LogP contribution in [0, 0.1) is 13.0 Å². The first-order valence-corrected chi connectivity index (χ1v) is 5.08. The predicted octanol–water partition coefficient (Wildman–Crippen LogP) is 2.92. The van der Waals surface area contributed by atoms with E-state index in [9.17, 15) is 0 Å². The number of benzene rings is 2.